The van der Waals surface area contributed by atoms with Gasteiger partial charge in [-0.05, 0) is 23.3 Å². The average Bonchev–Trinajstić information content (AvgIpc) is 2.26. The highest BCUT2D eigenvalue weighted by Gasteiger charge is 2.08. The summed E-state index contributed by atoms with van der Waals surface area (Å²) in [6, 6.07) is 4.18. The van der Waals surface area contributed by atoms with Crippen LogP contribution in [0.1, 0.15) is 5.56 Å². The highest BCUT2D eigenvalue weighted by molar-refractivity contribution is 5.51. The van der Waals surface area contributed by atoms with Gasteiger partial charge in [0.15, 0.2) is 0 Å². The molecular formula is C15H12O. The van der Waals surface area contributed by atoms with Gasteiger partial charge in [0, 0.05) is 0 Å². The molecule has 0 saturated heterocycles. The number of benzene rings is 1. The third kappa shape index (κ3) is 1.50. The van der Waals surface area contributed by atoms with Crippen molar-refractivity contribution in [2.24, 2.45) is 0 Å². The van der Waals surface area contributed by atoms with Crippen molar-refractivity contribution < 1.29 is 4.74 Å². The van der Waals surface area contributed by atoms with Gasteiger partial charge in [0.05, 0.1) is 5.22 Å². The Balaban J connectivity index is 2.25. The number of hydrogen-bond donors (Lipinski definition) is 0. The van der Waals surface area contributed by atoms with Crippen molar-refractivity contribution in [3.8, 4) is 5.75 Å². The predicted octanol–water partition coefficient (Wildman–Crippen LogP) is 1.82. The van der Waals surface area contributed by atoms with E-state index in [2.05, 4.69) is 30.4 Å². The summed E-state index contributed by atoms with van der Waals surface area (Å²) in [5, 5.41) is 2.50. The summed E-state index contributed by atoms with van der Waals surface area (Å²) in [6.45, 7) is 0. The number of allylic oxidation sites excluding steroid dienone is 6. The lowest BCUT2D eigenvalue weighted by atomic mass is 10.0. The summed E-state index contributed by atoms with van der Waals surface area (Å²) < 4.78 is 5.27. The molecule has 0 fully saturated rings. The highest BCUT2D eigenvalue weighted by atomic mass is 16.5. The quantitative estimate of drug-likeness (QED) is 0.632. The van der Waals surface area contributed by atoms with Crippen LogP contribution in [-0.4, -0.2) is 0 Å². The molecule has 1 heterocycles. The van der Waals surface area contributed by atoms with E-state index >= 15 is 0 Å². The van der Waals surface area contributed by atoms with Gasteiger partial charge in [-0.3, -0.25) is 0 Å². The van der Waals surface area contributed by atoms with Crippen molar-refractivity contribution in [2.75, 3.05) is 0 Å². The van der Waals surface area contributed by atoms with E-state index in [1.165, 1.54) is 16.0 Å². The van der Waals surface area contributed by atoms with E-state index in [4.69, 9.17) is 4.74 Å². The molecule has 0 atom stereocenters. The lowest BCUT2D eigenvalue weighted by Gasteiger charge is -2.13. The molecule has 0 N–H and O–H groups in total. The molecule has 0 aromatic heterocycles. The molecule has 2 aliphatic rings. The molecule has 16 heavy (non-hydrogen) atoms. The molecule has 0 spiro atoms. The van der Waals surface area contributed by atoms with Crippen LogP contribution < -0.4 is 15.2 Å². The Morgan fingerprint density at radius 1 is 0.875 bits per heavy atom. The Bertz CT molecular complexity index is 616. The third-order valence-electron chi connectivity index (χ3n) is 2.82. The normalized spacial score (nSPS) is 20.1. The SMILES string of the molecule is C1=C/C=C\Cc2ccc3c(/c2=C/C=C1)=CO3. The summed E-state index contributed by atoms with van der Waals surface area (Å²) in [5.41, 5.74) is 1.34. The average molecular weight is 208 g/mol. The van der Waals surface area contributed by atoms with Crippen LogP contribution in [0.15, 0.2) is 48.6 Å². The zero-order chi connectivity index (χ0) is 10.8. The lowest BCUT2D eigenvalue weighted by Crippen LogP contribution is -2.35. The first kappa shape index (κ1) is 9.22. The fraction of sp³-hybridized carbons (Fsp3) is 0.0667. The van der Waals surface area contributed by atoms with Gasteiger partial charge in [0.25, 0.3) is 0 Å². The van der Waals surface area contributed by atoms with Crippen LogP contribution in [0.3, 0.4) is 0 Å². The molecule has 1 aliphatic heterocycles. The second-order valence-electron chi connectivity index (χ2n) is 3.85. The van der Waals surface area contributed by atoms with Gasteiger partial charge in [0.2, 0.25) is 0 Å². The summed E-state index contributed by atoms with van der Waals surface area (Å²) in [4.78, 5) is 0. The molecule has 78 valence electrons. The summed E-state index contributed by atoms with van der Waals surface area (Å²) in [6.07, 6.45) is 17.4. The van der Waals surface area contributed by atoms with E-state index in [1.807, 2.05) is 30.6 Å². The van der Waals surface area contributed by atoms with Gasteiger partial charge in [-0.1, -0.05) is 48.6 Å². The summed E-state index contributed by atoms with van der Waals surface area (Å²) in [5.74, 6) is 0.986. The van der Waals surface area contributed by atoms with Crippen molar-refractivity contribution in [3.63, 3.8) is 0 Å². The maximum absolute atomic E-state index is 5.27. The van der Waals surface area contributed by atoms with E-state index < -0.39 is 0 Å². The maximum Gasteiger partial charge on any atom is 0.137 e. The van der Waals surface area contributed by atoms with Gasteiger partial charge in [-0.25, -0.2) is 0 Å². The van der Waals surface area contributed by atoms with Gasteiger partial charge in [-0.2, -0.15) is 0 Å². The monoisotopic (exact) mass is 208 g/mol. The van der Waals surface area contributed by atoms with Crippen LogP contribution in [-0.2, 0) is 6.42 Å². The second-order valence-corrected chi connectivity index (χ2v) is 3.85. The van der Waals surface area contributed by atoms with Crippen molar-refractivity contribution >= 4 is 12.3 Å². The van der Waals surface area contributed by atoms with Crippen LogP contribution in [0, 0.1) is 0 Å². The summed E-state index contributed by atoms with van der Waals surface area (Å²) in [7, 11) is 0. The first-order valence-electron chi connectivity index (χ1n) is 5.44. The third-order valence-corrected chi connectivity index (χ3v) is 2.82. The standard InChI is InChI=1S/C15H12O/c1-2-4-6-8-13-12(7-5-3-1)9-10-15-14(13)11-16-15/h1-6,8-11H,7H2/b2-1?,5-3-,6-4?,13-8+. The van der Waals surface area contributed by atoms with Crippen LogP contribution >= 0.6 is 0 Å². The number of fused-ring (bicyclic) bond motifs is 3. The zero-order valence-corrected chi connectivity index (χ0v) is 8.89. The predicted molar refractivity (Wildman–Crippen MR) is 66.4 cm³/mol. The molecule has 1 aliphatic carbocycles. The smallest absolute Gasteiger partial charge is 0.137 e. The van der Waals surface area contributed by atoms with E-state index in [9.17, 15) is 0 Å². The Kier molecular flexibility index (Phi) is 2.22. The van der Waals surface area contributed by atoms with Crippen molar-refractivity contribution in [3.05, 3.63) is 64.6 Å². The Morgan fingerprint density at radius 2 is 1.75 bits per heavy atom. The van der Waals surface area contributed by atoms with Crippen molar-refractivity contribution in [2.45, 2.75) is 6.42 Å². The molecule has 0 bridgehead atoms. The van der Waals surface area contributed by atoms with Gasteiger partial charge in [-0.15, -0.1) is 0 Å². The molecular weight excluding hydrogens is 196 g/mol. The fourth-order valence-electron chi connectivity index (χ4n) is 1.94. The number of rotatable bonds is 0. The lowest BCUT2D eigenvalue weighted by molar-refractivity contribution is 0.495. The van der Waals surface area contributed by atoms with E-state index in [-0.39, 0.29) is 0 Å². The fourth-order valence-corrected chi connectivity index (χ4v) is 1.94. The van der Waals surface area contributed by atoms with Crippen molar-refractivity contribution in [1.82, 2.24) is 0 Å². The Morgan fingerprint density at radius 3 is 2.62 bits per heavy atom. The number of ether oxygens (including phenoxy) is 1. The molecule has 1 aromatic rings. The van der Waals surface area contributed by atoms with Crippen LogP contribution in [0.5, 0.6) is 5.75 Å². The zero-order valence-electron chi connectivity index (χ0n) is 8.89. The molecule has 0 radical (unpaired) electrons. The van der Waals surface area contributed by atoms with Crippen LogP contribution in [0.25, 0.3) is 12.3 Å². The minimum atomic E-state index is 0.963. The molecule has 0 amide bonds. The summed E-state index contributed by atoms with van der Waals surface area (Å²) >= 11 is 0. The molecule has 0 saturated carbocycles. The van der Waals surface area contributed by atoms with E-state index in [0.29, 0.717) is 0 Å². The highest BCUT2D eigenvalue weighted by Crippen LogP contribution is 2.10. The van der Waals surface area contributed by atoms with Crippen molar-refractivity contribution in [1.29, 1.82) is 0 Å². The van der Waals surface area contributed by atoms with Gasteiger partial charge in [0.1, 0.15) is 12.0 Å². The maximum atomic E-state index is 5.27. The van der Waals surface area contributed by atoms with Crippen LogP contribution in [0.2, 0.25) is 0 Å². The first-order chi connectivity index (χ1) is 7.95. The van der Waals surface area contributed by atoms with Crippen LogP contribution in [0.4, 0.5) is 0 Å². The first-order valence-corrected chi connectivity index (χ1v) is 5.44. The molecule has 1 aromatic carbocycles. The van der Waals surface area contributed by atoms with Gasteiger partial charge >= 0.3 is 0 Å². The largest absolute Gasteiger partial charge is 0.463 e. The number of hydrogen-bond acceptors (Lipinski definition) is 1. The molecule has 0 unspecified atom stereocenters. The topological polar surface area (TPSA) is 9.23 Å². The van der Waals surface area contributed by atoms with E-state index in [0.717, 1.165) is 12.2 Å². The van der Waals surface area contributed by atoms with Gasteiger partial charge < -0.3 is 4.74 Å². The van der Waals surface area contributed by atoms with E-state index in [1.54, 1.807) is 0 Å². The minimum absolute atomic E-state index is 0.963. The molecule has 1 heteroatoms. The molecule has 3 rings (SSSR count). The molecule has 1 nitrogen and oxygen atoms in total. The second kappa shape index (κ2) is 3.86. The Hall–Kier alpha value is -2.02. The Labute approximate surface area is 94.4 Å². The minimum Gasteiger partial charge on any atom is -0.463 e.